The van der Waals surface area contributed by atoms with Crippen LogP contribution in [-0.2, 0) is 26.0 Å². The second kappa shape index (κ2) is 9.11. The number of likely N-dealkylation sites (N-methyl/N-ethyl adjacent to an activating group) is 1. The van der Waals surface area contributed by atoms with Crippen LogP contribution in [0.25, 0.3) is 11.0 Å². The number of hydrogen-bond acceptors (Lipinski definition) is 6. The SMILES string of the molecule is CC(=O)c1ccc(S(=O)(=O)N(C)CC(=O)OCCc2cc3cc(Br)ccc3o2)cc1. The predicted octanol–water partition coefficient (Wildman–Crippen LogP) is 3.80. The van der Waals surface area contributed by atoms with Gasteiger partial charge in [0.15, 0.2) is 5.78 Å². The summed E-state index contributed by atoms with van der Waals surface area (Å²) in [6.45, 7) is 1.04. The van der Waals surface area contributed by atoms with E-state index in [4.69, 9.17) is 9.15 Å². The lowest BCUT2D eigenvalue weighted by atomic mass is 10.2. The fourth-order valence-electron chi connectivity index (χ4n) is 2.81. The minimum atomic E-state index is -3.88. The predicted molar refractivity (Wildman–Crippen MR) is 115 cm³/mol. The number of esters is 1. The summed E-state index contributed by atoms with van der Waals surface area (Å²) in [6, 6.07) is 13.1. The molecule has 9 heteroatoms. The van der Waals surface area contributed by atoms with Crippen molar-refractivity contribution in [2.45, 2.75) is 18.2 Å². The van der Waals surface area contributed by atoms with E-state index in [0.29, 0.717) is 17.7 Å². The summed E-state index contributed by atoms with van der Waals surface area (Å²) in [5.41, 5.74) is 1.15. The molecule has 0 N–H and O–H groups in total. The van der Waals surface area contributed by atoms with E-state index in [2.05, 4.69) is 15.9 Å². The average molecular weight is 494 g/mol. The molecule has 30 heavy (non-hydrogen) atoms. The number of carbonyl (C=O) groups is 2. The molecule has 2 aromatic carbocycles. The van der Waals surface area contributed by atoms with Crippen LogP contribution in [0.3, 0.4) is 0 Å². The van der Waals surface area contributed by atoms with Crippen LogP contribution in [0, 0.1) is 0 Å². The molecule has 3 aromatic rings. The van der Waals surface area contributed by atoms with Crippen molar-refractivity contribution in [2.75, 3.05) is 20.2 Å². The molecule has 3 rings (SSSR count). The van der Waals surface area contributed by atoms with Crippen molar-refractivity contribution in [3.8, 4) is 0 Å². The molecule has 158 valence electrons. The molecular formula is C21H20BrNO6S. The number of ether oxygens (including phenoxy) is 1. The van der Waals surface area contributed by atoms with Crippen LogP contribution in [0.15, 0.2) is 62.3 Å². The Morgan fingerprint density at radius 1 is 1.10 bits per heavy atom. The monoisotopic (exact) mass is 493 g/mol. The molecule has 0 atom stereocenters. The third-order valence-electron chi connectivity index (χ3n) is 4.46. The Balaban J connectivity index is 1.54. The Hall–Kier alpha value is -2.49. The second-order valence-corrected chi connectivity index (χ2v) is 9.67. The highest BCUT2D eigenvalue weighted by Gasteiger charge is 2.23. The highest BCUT2D eigenvalue weighted by Crippen LogP contribution is 2.23. The van der Waals surface area contributed by atoms with E-state index in [1.54, 1.807) is 0 Å². The zero-order chi connectivity index (χ0) is 21.9. The van der Waals surface area contributed by atoms with Gasteiger partial charge in [0.25, 0.3) is 0 Å². The van der Waals surface area contributed by atoms with Crippen LogP contribution >= 0.6 is 15.9 Å². The molecule has 0 amide bonds. The first kappa shape index (κ1) is 22.2. The molecule has 0 fully saturated rings. The molecule has 7 nitrogen and oxygen atoms in total. The van der Waals surface area contributed by atoms with Gasteiger partial charge in [-0.1, -0.05) is 28.1 Å². The number of sulfonamides is 1. The van der Waals surface area contributed by atoms with Crippen molar-refractivity contribution in [1.29, 1.82) is 0 Å². The molecule has 0 bridgehead atoms. The van der Waals surface area contributed by atoms with Crippen molar-refractivity contribution in [1.82, 2.24) is 4.31 Å². The quantitative estimate of drug-likeness (QED) is 0.349. The minimum absolute atomic E-state index is 0.00348. The maximum absolute atomic E-state index is 12.6. The smallest absolute Gasteiger partial charge is 0.321 e. The molecule has 0 saturated carbocycles. The zero-order valence-corrected chi connectivity index (χ0v) is 18.8. The van der Waals surface area contributed by atoms with Gasteiger partial charge in [0.1, 0.15) is 17.9 Å². The van der Waals surface area contributed by atoms with Crippen LogP contribution in [0.5, 0.6) is 0 Å². The number of carbonyl (C=O) groups excluding carboxylic acids is 2. The van der Waals surface area contributed by atoms with Crippen molar-refractivity contribution in [2.24, 2.45) is 0 Å². The average Bonchev–Trinajstić information content (AvgIpc) is 3.09. The largest absolute Gasteiger partial charge is 0.464 e. The summed E-state index contributed by atoms with van der Waals surface area (Å²) in [4.78, 5) is 23.4. The molecular weight excluding hydrogens is 474 g/mol. The minimum Gasteiger partial charge on any atom is -0.464 e. The number of rotatable bonds is 8. The third kappa shape index (κ3) is 5.16. The van der Waals surface area contributed by atoms with E-state index >= 15 is 0 Å². The second-order valence-electron chi connectivity index (χ2n) is 6.71. The van der Waals surface area contributed by atoms with E-state index < -0.39 is 22.5 Å². The number of halogens is 1. The first-order valence-electron chi connectivity index (χ1n) is 9.08. The van der Waals surface area contributed by atoms with Gasteiger partial charge in [-0.25, -0.2) is 8.42 Å². The van der Waals surface area contributed by atoms with Gasteiger partial charge < -0.3 is 9.15 Å². The van der Waals surface area contributed by atoms with Crippen LogP contribution in [0.4, 0.5) is 0 Å². The van der Waals surface area contributed by atoms with Gasteiger partial charge >= 0.3 is 5.97 Å². The summed E-state index contributed by atoms with van der Waals surface area (Å²) in [5, 5.41) is 0.937. The number of ketones is 1. The molecule has 0 spiro atoms. The fraction of sp³-hybridized carbons (Fsp3) is 0.238. The van der Waals surface area contributed by atoms with Gasteiger partial charge in [0.2, 0.25) is 10.0 Å². The molecule has 1 heterocycles. The van der Waals surface area contributed by atoms with E-state index in [9.17, 15) is 18.0 Å². The van der Waals surface area contributed by atoms with E-state index in [-0.39, 0.29) is 17.3 Å². The topological polar surface area (TPSA) is 93.9 Å². The molecule has 0 unspecified atom stereocenters. The highest BCUT2D eigenvalue weighted by atomic mass is 79.9. The number of benzene rings is 2. The lowest BCUT2D eigenvalue weighted by molar-refractivity contribution is -0.143. The van der Waals surface area contributed by atoms with Crippen LogP contribution in [0.2, 0.25) is 0 Å². The zero-order valence-electron chi connectivity index (χ0n) is 16.4. The van der Waals surface area contributed by atoms with Gasteiger partial charge in [-0.15, -0.1) is 0 Å². The lowest BCUT2D eigenvalue weighted by Gasteiger charge is -2.16. The van der Waals surface area contributed by atoms with Crippen LogP contribution < -0.4 is 0 Å². The highest BCUT2D eigenvalue weighted by molar-refractivity contribution is 9.10. The van der Waals surface area contributed by atoms with Crippen molar-refractivity contribution in [3.63, 3.8) is 0 Å². The standard InChI is InChI=1S/C21H20BrNO6S/c1-14(24)15-3-6-19(7-4-15)30(26,27)23(2)13-21(25)28-10-9-18-12-16-11-17(22)5-8-20(16)29-18/h3-8,11-12H,9-10,13H2,1-2H3. The summed E-state index contributed by atoms with van der Waals surface area (Å²) in [6.07, 6.45) is 0.376. The lowest BCUT2D eigenvalue weighted by Crippen LogP contribution is -2.33. The molecule has 0 aliphatic carbocycles. The van der Waals surface area contributed by atoms with Gasteiger partial charge in [-0.2, -0.15) is 4.31 Å². The summed E-state index contributed by atoms with van der Waals surface area (Å²) < 4.78 is 37.9. The Labute approximate surface area is 182 Å². The van der Waals surface area contributed by atoms with Crippen molar-refractivity contribution in [3.05, 3.63) is 64.3 Å². The maximum atomic E-state index is 12.6. The Kier molecular flexibility index (Phi) is 6.74. The van der Waals surface area contributed by atoms with Crippen molar-refractivity contribution >= 4 is 48.7 Å². The van der Waals surface area contributed by atoms with Gasteiger partial charge in [-0.05, 0) is 43.3 Å². The summed E-state index contributed by atoms with van der Waals surface area (Å²) in [5.74, 6) is -0.157. The van der Waals surface area contributed by atoms with Gasteiger partial charge in [0.05, 0.1) is 11.5 Å². The summed E-state index contributed by atoms with van der Waals surface area (Å²) >= 11 is 3.40. The van der Waals surface area contributed by atoms with E-state index in [0.717, 1.165) is 19.7 Å². The number of hydrogen-bond donors (Lipinski definition) is 0. The van der Waals surface area contributed by atoms with Crippen LogP contribution in [-0.4, -0.2) is 44.7 Å². The van der Waals surface area contributed by atoms with Crippen molar-refractivity contribution < 1.29 is 27.2 Å². The number of fused-ring (bicyclic) bond motifs is 1. The Morgan fingerprint density at radius 2 is 1.80 bits per heavy atom. The third-order valence-corrected chi connectivity index (χ3v) is 6.77. The molecule has 0 aliphatic heterocycles. The maximum Gasteiger partial charge on any atom is 0.321 e. The summed E-state index contributed by atoms with van der Waals surface area (Å²) in [7, 11) is -2.58. The van der Waals surface area contributed by atoms with Gasteiger partial charge in [0, 0.05) is 28.9 Å². The molecule has 1 aromatic heterocycles. The number of furan rings is 1. The Bertz CT molecular complexity index is 1180. The van der Waals surface area contributed by atoms with Gasteiger partial charge in [-0.3, -0.25) is 9.59 Å². The van der Waals surface area contributed by atoms with E-state index in [1.807, 2.05) is 24.3 Å². The normalized spacial score (nSPS) is 11.7. The fourth-order valence-corrected chi connectivity index (χ4v) is 4.31. The van der Waals surface area contributed by atoms with E-state index in [1.165, 1.54) is 38.2 Å². The Morgan fingerprint density at radius 3 is 2.47 bits per heavy atom. The number of nitrogens with zero attached hydrogens (tertiary/aromatic N) is 1. The van der Waals surface area contributed by atoms with Crippen LogP contribution in [0.1, 0.15) is 23.0 Å². The molecule has 0 saturated heterocycles. The molecule has 0 aliphatic rings. The first-order chi connectivity index (χ1) is 14.2. The number of Topliss-reactive ketones (excluding diaryl/α,β-unsaturated/α-hetero) is 1. The molecule has 0 radical (unpaired) electrons. The first-order valence-corrected chi connectivity index (χ1v) is 11.3.